The molecule has 1 aromatic rings. The van der Waals surface area contributed by atoms with E-state index in [0.717, 1.165) is 4.57 Å². The lowest BCUT2D eigenvalue weighted by Crippen LogP contribution is -2.65. The Hall–Kier alpha value is -1.71. The van der Waals surface area contributed by atoms with E-state index in [1.807, 2.05) is 0 Å². The van der Waals surface area contributed by atoms with Crippen LogP contribution in [0.25, 0.3) is 0 Å². The number of ether oxygens (including phenoxy) is 1. The molecule has 2 fully saturated rings. The Morgan fingerprint density at radius 1 is 1.03 bits per heavy atom. The Bertz CT molecular complexity index is 995. The van der Waals surface area contributed by atoms with E-state index in [9.17, 15) is 14.4 Å². The summed E-state index contributed by atoms with van der Waals surface area (Å²) in [6.45, 7) is 18.3. The van der Waals surface area contributed by atoms with Crippen molar-refractivity contribution >= 4 is 34.6 Å². The van der Waals surface area contributed by atoms with Crippen LogP contribution in [-0.4, -0.2) is 57.2 Å². The zero-order chi connectivity index (χ0) is 26.3. The SMILES string of the molecule is CC(=O)Nc1ccn([C@@H]2O[C@@H]3CO[Si](C(C)C)(C(C)C)O[Si](C(C)C)(C(C)C)O[C@H]3C2=O)c(=O)n1. The lowest BCUT2D eigenvalue weighted by atomic mass is 10.1. The van der Waals surface area contributed by atoms with Crippen molar-refractivity contribution in [1.29, 1.82) is 0 Å². The maximum absolute atomic E-state index is 13.6. The molecule has 0 aromatic carbocycles. The molecule has 1 amide bonds. The van der Waals surface area contributed by atoms with E-state index in [1.54, 1.807) is 0 Å². The summed E-state index contributed by atoms with van der Waals surface area (Å²) in [6.07, 6.45) is -1.38. The Kier molecular flexibility index (Phi) is 8.24. The first-order chi connectivity index (χ1) is 16.2. The molecule has 1 N–H and O–H groups in total. The summed E-state index contributed by atoms with van der Waals surface area (Å²) >= 11 is 0. The average Bonchev–Trinajstić information content (AvgIpc) is 3.01. The van der Waals surface area contributed by atoms with Gasteiger partial charge in [0.1, 0.15) is 18.0 Å². The lowest BCUT2D eigenvalue weighted by Gasteiger charge is -2.50. The zero-order valence-corrected chi connectivity index (χ0v) is 24.2. The molecule has 3 heterocycles. The molecule has 0 spiro atoms. The molecule has 1 aromatic heterocycles. The minimum atomic E-state index is -2.99. The first kappa shape index (κ1) is 27.9. The van der Waals surface area contributed by atoms with Crippen molar-refractivity contribution in [1.82, 2.24) is 9.55 Å². The predicted molar refractivity (Wildman–Crippen MR) is 136 cm³/mol. The van der Waals surface area contributed by atoms with Crippen LogP contribution in [0.2, 0.25) is 22.2 Å². The second kappa shape index (κ2) is 10.3. The minimum Gasteiger partial charge on any atom is -0.414 e. The third-order valence-electron chi connectivity index (χ3n) is 6.87. The number of hydrogen-bond acceptors (Lipinski definition) is 8. The monoisotopic (exact) mass is 525 g/mol. The number of fused-ring (bicyclic) bond motifs is 1. The van der Waals surface area contributed by atoms with Gasteiger partial charge in [-0.2, -0.15) is 4.98 Å². The van der Waals surface area contributed by atoms with E-state index in [-0.39, 0.29) is 46.3 Å². The summed E-state index contributed by atoms with van der Waals surface area (Å²) in [6, 6.07) is 1.46. The van der Waals surface area contributed by atoms with Crippen LogP contribution in [0.5, 0.6) is 0 Å². The molecule has 3 rings (SSSR count). The largest absolute Gasteiger partial charge is 0.414 e. The van der Waals surface area contributed by atoms with E-state index in [1.165, 1.54) is 19.2 Å². The molecule has 2 saturated heterocycles. The molecule has 0 unspecified atom stereocenters. The van der Waals surface area contributed by atoms with Gasteiger partial charge >= 0.3 is 22.8 Å². The number of ketones is 1. The van der Waals surface area contributed by atoms with Crippen molar-refractivity contribution in [3.63, 3.8) is 0 Å². The number of carbonyl (C=O) groups excluding carboxylic acids is 2. The molecule has 35 heavy (non-hydrogen) atoms. The van der Waals surface area contributed by atoms with Gasteiger partial charge in [0.05, 0.1) is 6.61 Å². The standard InChI is InChI=1S/C23H39N3O7Si2/c1-13(2)34(14(3)4)30-12-18-21(32-35(33-34,15(5)6)16(7)8)20(28)22(31-18)26-11-10-19(24-17(9)27)25-23(26)29/h10-11,13-16,18,21-22H,12H2,1-9H3,(H,24,25,27,29)/t18-,21-,22-/m1/s1. The third kappa shape index (κ3) is 5.09. The molecule has 2 aliphatic heterocycles. The van der Waals surface area contributed by atoms with Gasteiger partial charge in [0, 0.05) is 13.1 Å². The fraction of sp³-hybridized carbons (Fsp3) is 0.739. The normalized spacial score (nSPS) is 26.2. The van der Waals surface area contributed by atoms with Crippen LogP contribution in [-0.2, 0) is 27.3 Å². The van der Waals surface area contributed by atoms with Gasteiger partial charge < -0.3 is 23.0 Å². The highest BCUT2D eigenvalue weighted by Crippen LogP contribution is 2.47. The number of hydrogen-bond donors (Lipinski definition) is 1. The van der Waals surface area contributed by atoms with E-state index in [2.05, 4.69) is 65.7 Å². The van der Waals surface area contributed by atoms with Gasteiger partial charge in [-0.25, -0.2) is 4.79 Å². The molecule has 0 saturated carbocycles. The predicted octanol–water partition coefficient (Wildman–Crippen LogP) is 3.62. The van der Waals surface area contributed by atoms with E-state index in [0.29, 0.717) is 0 Å². The van der Waals surface area contributed by atoms with Crippen molar-refractivity contribution in [3.8, 4) is 0 Å². The Balaban J connectivity index is 2.04. The quantitative estimate of drug-likeness (QED) is 0.560. The topological polar surface area (TPSA) is 118 Å². The van der Waals surface area contributed by atoms with Gasteiger partial charge in [0.2, 0.25) is 17.9 Å². The summed E-state index contributed by atoms with van der Waals surface area (Å²) in [5.74, 6) is -0.600. The van der Waals surface area contributed by atoms with Crippen LogP contribution in [0.15, 0.2) is 17.1 Å². The van der Waals surface area contributed by atoms with Crippen molar-refractivity contribution in [3.05, 3.63) is 22.7 Å². The van der Waals surface area contributed by atoms with Crippen LogP contribution in [0, 0.1) is 0 Å². The lowest BCUT2D eigenvalue weighted by molar-refractivity contribution is -0.130. The smallest absolute Gasteiger partial charge is 0.352 e. The number of amides is 1. The Labute approximate surface area is 209 Å². The molecule has 3 atom stereocenters. The molecule has 0 bridgehead atoms. The molecule has 0 radical (unpaired) electrons. The number of rotatable bonds is 6. The van der Waals surface area contributed by atoms with Crippen molar-refractivity contribution in [2.24, 2.45) is 0 Å². The van der Waals surface area contributed by atoms with Gasteiger partial charge in [-0.1, -0.05) is 55.4 Å². The summed E-state index contributed by atoms with van der Waals surface area (Å²) in [7, 11) is -5.77. The number of carbonyl (C=O) groups is 2. The van der Waals surface area contributed by atoms with Crippen LogP contribution in [0.3, 0.4) is 0 Å². The van der Waals surface area contributed by atoms with Crippen LogP contribution in [0.4, 0.5) is 5.82 Å². The molecule has 196 valence electrons. The summed E-state index contributed by atoms with van der Waals surface area (Å²) in [4.78, 5) is 41.5. The fourth-order valence-electron chi connectivity index (χ4n) is 5.06. The second-order valence-electron chi connectivity index (χ2n) is 10.6. The first-order valence-electron chi connectivity index (χ1n) is 12.3. The number of nitrogens with one attached hydrogen (secondary N) is 1. The van der Waals surface area contributed by atoms with E-state index < -0.39 is 41.2 Å². The number of aromatic nitrogens is 2. The van der Waals surface area contributed by atoms with Gasteiger partial charge in [-0.3, -0.25) is 14.2 Å². The van der Waals surface area contributed by atoms with Gasteiger partial charge in [0.25, 0.3) is 0 Å². The summed E-state index contributed by atoms with van der Waals surface area (Å²) in [5.41, 5.74) is -0.267. The molecule has 12 heteroatoms. The van der Waals surface area contributed by atoms with Crippen molar-refractivity contribution in [2.75, 3.05) is 11.9 Å². The second-order valence-corrected chi connectivity index (χ2v) is 19.5. The third-order valence-corrected chi connectivity index (χ3v) is 17.1. The molecule has 2 aliphatic rings. The highest BCUT2D eigenvalue weighted by atomic mass is 28.5. The Morgan fingerprint density at radius 2 is 1.60 bits per heavy atom. The summed E-state index contributed by atoms with van der Waals surface area (Å²) in [5, 5.41) is 2.47. The van der Waals surface area contributed by atoms with Crippen LogP contribution in [0.1, 0.15) is 68.5 Å². The van der Waals surface area contributed by atoms with Gasteiger partial charge in [0.15, 0.2) is 0 Å². The fourth-order valence-corrected chi connectivity index (χ4v) is 16.2. The Morgan fingerprint density at radius 3 is 2.09 bits per heavy atom. The molecule has 10 nitrogen and oxygen atoms in total. The van der Waals surface area contributed by atoms with Crippen LogP contribution < -0.4 is 11.0 Å². The van der Waals surface area contributed by atoms with Gasteiger partial charge in [-0.15, -0.1) is 0 Å². The molecular weight excluding hydrogens is 486 g/mol. The molecular formula is C23H39N3O7Si2. The van der Waals surface area contributed by atoms with Crippen LogP contribution >= 0.6 is 0 Å². The average molecular weight is 526 g/mol. The number of nitrogens with zero attached hydrogens (tertiary/aromatic N) is 2. The summed E-state index contributed by atoms with van der Waals surface area (Å²) < 4.78 is 27.8. The van der Waals surface area contributed by atoms with Crippen molar-refractivity contribution < 1.29 is 27.3 Å². The maximum atomic E-state index is 13.6. The van der Waals surface area contributed by atoms with Gasteiger partial charge in [-0.05, 0) is 28.2 Å². The first-order valence-corrected chi connectivity index (χ1v) is 16.3. The maximum Gasteiger partial charge on any atom is 0.352 e. The highest BCUT2D eigenvalue weighted by molar-refractivity contribution is 6.84. The van der Waals surface area contributed by atoms with E-state index >= 15 is 0 Å². The minimum absolute atomic E-state index is 0.0578. The van der Waals surface area contributed by atoms with E-state index in [4.69, 9.17) is 17.7 Å². The van der Waals surface area contributed by atoms with Crippen molar-refractivity contribution in [2.45, 2.75) is 103 Å². The number of anilines is 1. The zero-order valence-electron chi connectivity index (χ0n) is 22.2. The molecule has 0 aliphatic carbocycles. The number of Topliss-reactive ketones (excluding diaryl/α,β-unsaturated/α-hetero) is 1. The highest BCUT2D eigenvalue weighted by Gasteiger charge is 2.61.